The van der Waals surface area contributed by atoms with Gasteiger partial charge in [-0.05, 0) is 37.1 Å². The second-order valence-electron chi connectivity index (χ2n) is 5.57. The number of aromatic hydroxyl groups is 1. The van der Waals surface area contributed by atoms with Crippen LogP contribution in [0, 0.1) is 6.92 Å². The van der Waals surface area contributed by atoms with Crippen LogP contribution in [0.4, 0.5) is 0 Å². The Hall–Kier alpha value is -2.82. The third-order valence-corrected chi connectivity index (χ3v) is 3.64. The average Bonchev–Trinajstić information content (AvgIpc) is 2.58. The first-order chi connectivity index (χ1) is 11.5. The van der Waals surface area contributed by atoms with Gasteiger partial charge >= 0.3 is 5.97 Å². The molecule has 2 aromatic rings. The zero-order chi connectivity index (χ0) is 17.5. The standard InChI is InChI=1S/C19H21NO4/c1-3-17(14-9-7-13(2)8-10-14)20-18(22)12-24-19(23)15-5-4-6-16(21)11-15/h4-11,17,21H,3,12H2,1-2H3,(H,20,22)/t17-/m0/s1. The van der Waals surface area contributed by atoms with Crippen molar-refractivity contribution in [2.24, 2.45) is 0 Å². The number of benzene rings is 2. The molecule has 24 heavy (non-hydrogen) atoms. The first-order valence-corrected chi connectivity index (χ1v) is 7.81. The fourth-order valence-corrected chi connectivity index (χ4v) is 2.30. The maximum absolute atomic E-state index is 12.0. The summed E-state index contributed by atoms with van der Waals surface area (Å²) >= 11 is 0. The molecule has 1 amide bonds. The Bertz CT molecular complexity index is 710. The Morgan fingerprint density at radius 1 is 1.17 bits per heavy atom. The molecule has 126 valence electrons. The van der Waals surface area contributed by atoms with Gasteiger partial charge in [-0.3, -0.25) is 4.79 Å². The number of hydrogen-bond acceptors (Lipinski definition) is 4. The molecular formula is C19H21NO4. The highest BCUT2D eigenvalue weighted by Crippen LogP contribution is 2.17. The van der Waals surface area contributed by atoms with Crippen LogP contribution in [0.15, 0.2) is 48.5 Å². The highest BCUT2D eigenvalue weighted by Gasteiger charge is 2.15. The molecule has 0 bridgehead atoms. The Labute approximate surface area is 141 Å². The summed E-state index contributed by atoms with van der Waals surface area (Å²) in [5, 5.41) is 12.2. The van der Waals surface area contributed by atoms with Gasteiger partial charge < -0.3 is 15.2 Å². The van der Waals surface area contributed by atoms with Gasteiger partial charge in [0.25, 0.3) is 5.91 Å². The van der Waals surface area contributed by atoms with Crippen LogP contribution in [0.3, 0.4) is 0 Å². The van der Waals surface area contributed by atoms with E-state index in [0.29, 0.717) is 0 Å². The zero-order valence-corrected chi connectivity index (χ0v) is 13.8. The van der Waals surface area contributed by atoms with Gasteiger partial charge in [0.15, 0.2) is 6.61 Å². The lowest BCUT2D eigenvalue weighted by Crippen LogP contribution is -2.32. The predicted octanol–water partition coefficient (Wildman–Crippen LogP) is 3.12. The van der Waals surface area contributed by atoms with Crippen molar-refractivity contribution in [3.8, 4) is 5.75 Å². The second-order valence-corrected chi connectivity index (χ2v) is 5.57. The third kappa shape index (κ3) is 4.84. The normalized spacial score (nSPS) is 11.6. The highest BCUT2D eigenvalue weighted by atomic mass is 16.5. The first kappa shape index (κ1) is 17.5. The minimum atomic E-state index is -0.649. The zero-order valence-electron chi connectivity index (χ0n) is 13.8. The lowest BCUT2D eigenvalue weighted by atomic mass is 10.0. The van der Waals surface area contributed by atoms with E-state index in [9.17, 15) is 14.7 Å². The molecular weight excluding hydrogens is 306 g/mol. The number of nitrogens with one attached hydrogen (secondary N) is 1. The van der Waals surface area contributed by atoms with E-state index in [1.54, 1.807) is 0 Å². The van der Waals surface area contributed by atoms with Gasteiger partial charge in [-0.25, -0.2) is 4.79 Å². The summed E-state index contributed by atoms with van der Waals surface area (Å²) in [6, 6.07) is 13.6. The minimum Gasteiger partial charge on any atom is -0.508 e. The Morgan fingerprint density at radius 3 is 2.50 bits per heavy atom. The summed E-state index contributed by atoms with van der Waals surface area (Å²) in [7, 11) is 0. The van der Waals surface area contributed by atoms with Gasteiger partial charge in [-0.15, -0.1) is 0 Å². The third-order valence-electron chi connectivity index (χ3n) is 3.64. The number of amides is 1. The molecule has 0 saturated heterocycles. The predicted molar refractivity (Wildman–Crippen MR) is 90.7 cm³/mol. The Kier molecular flexibility index (Phi) is 5.95. The van der Waals surface area contributed by atoms with Crippen LogP contribution in [0.25, 0.3) is 0 Å². The lowest BCUT2D eigenvalue weighted by Gasteiger charge is -2.17. The maximum atomic E-state index is 12.0. The summed E-state index contributed by atoms with van der Waals surface area (Å²) in [5.41, 5.74) is 2.36. The Balaban J connectivity index is 1.89. The summed E-state index contributed by atoms with van der Waals surface area (Å²) < 4.78 is 4.98. The quantitative estimate of drug-likeness (QED) is 0.799. The molecule has 1 atom stereocenters. The summed E-state index contributed by atoms with van der Waals surface area (Å²) in [6.45, 7) is 3.62. The molecule has 0 spiro atoms. The molecule has 0 unspecified atom stereocenters. The molecule has 0 aromatic heterocycles. The first-order valence-electron chi connectivity index (χ1n) is 7.81. The van der Waals surface area contributed by atoms with Crippen molar-refractivity contribution in [1.82, 2.24) is 5.32 Å². The fourth-order valence-electron chi connectivity index (χ4n) is 2.30. The van der Waals surface area contributed by atoms with E-state index < -0.39 is 5.97 Å². The number of hydrogen-bond donors (Lipinski definition) is 2. The van der Waals surface area contributed by atoms with Crippen molar-refractivity contribution < 1.29 is 19.4 Å². The average molecular weight is 327 g/mol. The molecule has 0 radical (unpaired) electrons. The fraction of sp³-hybridized carbons (Fsp3) is 0.263. The van der Waals surface area contributed by atoms with Crippen LogP contribution in [-0.4, -0.2) is 23.6 Å². The summed E-state index contributed by atoms with van der Waals surface area (Å²) in [5.74, 6) is -1.04. The topological polar surface area (TPSA) is 75.6 Å². The molecule has 0 aliphatic rings. The van der Waals surface area contributed by atoms with E-state index >= 15 is 0 Å². The number of rotatable bonds is 6. The number of phenolic OH excluding ortho intramolecular Hbond substituents is 1. The van der Waals surface area contributed by atoms with Crippen molar-refractivity contribution >= 4 is 11.9 Å². The van der Waals surface area contributed by atoms with Crippen LogP contribution in [0.5, 0.6) is 5.75 Å². The summed E-state index contributed by atoms with van der Waals surface area (Å²) in [6.07, 6.45) is 0.731. The number of phenols is 1. The van der Waals surface area contributed by atoms with E-state index in [1.807, 2.05) is 38.1 Å². The maximum Gasteiger partial charge on any atom is 0.338 e. The van der Waals surface area contributed by atoms with E-state index in [2.05, 4.69) is 5.32 Å². The molecule has 0 aliphatic heterocycles. The number of carbonyl (C=O) groups excluding carboxylic acids is 2. The van der Waals surface area contributed by atoms with E-state index in [-0.39, 0.29) is 29.9 Å². The minimum absolute atomic E-state index is 0.0284. The van der Waals surface area contributed by atoms with Crippen LogP contribution in [-0.2, 0) is 9.53 Å². The number of esters is 1. The Morgan fingerprint density at radius 2 is 1.88 bits per heavy atom. The molecule has 0 fully saturated rings. The molecule has 2 rings (SSSR count). The molecule has 0 heterocycles. The molecule has 2 aromatic carbocycles. The van der Waals surface area contributed by atoms with Crippen molar-refractivity contribution in [2.75, 3.05) is 6.61 Å². The number of ether oxygens (including phenoxy) is 1. The molecule has 2 N–H and O–H groups in total. The van der Waals surface area contributed by atoms with Crippen LogP contribution in [0.2, 0.25) is 0 Å². The van der Waals surface area contributed by atoms with Gasteiger partial charge in [0.2, 0.25) is 0 Å². The van der Waals surface area contributed by atoms with E-state index in [4.69, 9.17) is 4.74 Å². The van der Waals surface area contributed by atoms with Crippen molar-refractivity contribution in [3.63, 3.8) is 0 Å². The van der Waals surface area contributed by atoms with Crippen LogP contribution < -0.4 is 5.32 Å². The van der Waals surface area contributed by atoms with Crippen LogP contribution in [0.1, 0.15) is 40.9 Å². The molecule has 0 saturated carbocycles. The molecule has 5 nitrogen and oxygen atoms in total. The van der Waals surface area contributed by atoms with Crippen molar-refractivity contribution in [2.45, 2.75) is 26.3 Å². The van der Waals surface area contributed by atoms with E-state index in [0.717, 1.165) is 17.5 Å². The SMILES string of the molecule is CC[C@H](NC(=O)COC(=O)c1cccc(O)c1)c1ccc(C)cc1. The van der Waals surface area contributed by atoms with Gasteiger partial charge in [0.05, 0.1) is 11.6 Å². The van der Waals surface area contributed by atoms with E-state index in [1.165, 1.54) is 24.3 Å². The second kappa shape index (κ2) is 8.15. The van der Waals surface area contributed by atoms with Gasteiger partial charge in [-0.2, -0.15) is 0 Å². The monoisotopic (exact) mass is 327 g/mol. The number of carbonyl (C=O) groups is 2. The van der Waals surface area contributed by atoms with Crippen molar-refractivity contribution in [3.05, 3.63) is 65.2 Å². The van der Waals surface area contributed by atoms with Crippen molar-refractivity contribution in [1.29, 1.82) is 0 Å². The van der Waals surface area contributed by atoms with Gasteiger partial charge in [0.1, 0.15) is 5.75 Å². The number of aryl methyl sites for hydroxylation is 1. The smallest absolute Gasteiger partial charge is 0.338 e. The lowest BCUT2D eigenvalue weighted by molar-refractivity contribution is -0.125. The van der Waals surface area contributed by atoms with Crippen LogP contribution >= 0.6 is 0 Å². The molecule has 0 aliphatic carbocycles. The van der Waals surface area contributed by atoms with Gasteiger partial charge in [0, 0.05) is 0 Å². The molecule has 5 heteroatoms. The summed E-state index contributed by atoms with van der Waals surface area (Å²) in [4.78, 5) is 23.9. The highest BCUT2D eigenvalue weighted by molar-refractivity contribution is 5.91. The largest absolute Gasteiger partial charge is 0.508 e. The van der Waals surface area contributed by atoms with Gasteiger partial charge in [-0.1, -0.05) is 42.8 Å².